The van der Waals surface area contributed by atoms with Crippen LogP contribution in [0.4, 0.5) is 0 Å². The highest BCUT2D eigenvalue weighted by atomic mass is 35.5. The number of nitrogens with one attached hydrogen (secondary N) is 1. The summed E-state index contributed by atoms with van der Waals surface area (Å²) >= 11 is 6.12. The van der Waals surface area contributed by atoms with E-state index in [4.69, 9.17) is 11.6 Å². The van der Waals surface area contributed by atoms with Gasteiger partial charge in [-0.3, -0.25) is 5.10 Å². The van der Waals surface area contributed by atoms with Crippen molar-refractivity contribution in [2.45, 2.75) is 6.92 Å². The van der Waals surface area contributed by atoms with Crippen LogP contribution in [0.3, 0.4) is 0 Å². The van der Waals surface area contributed by atoms with Crippen LogP contribution in [0.2, 0.25) is 5.15 Å². The van der Waals surface area contributed by atoms with Crippen LogP contribution in [0.25, 0.3) is 22.0 Å². The van der Waals surface area contributed by atoms with E-state index in [2.05, 4.69) is 34.2 Å². The van der Waals surface area contributed by atoms with Crippen LogP contribution in [0.15, 0.2) is 36.7 Å². The molecule has 3 rings (SSSR count). The highest BCUT2D eigenvalue weighted by molar-refractivity contribution is 6.32. The third-order valence-electron chi connectivity index (χ3n) is 2.83. The van der Waals surface area contributed by atoms with Gasteiger partial charge < -0.3 is 0 Å². The molecule has 1 aromatic carbocycles. The summed E-state index contributed by atoms with van der Waals surface area (Å²) in [4.78, 5) is 4.11. The Hall–Kier alpha value is -1.87. The summed E-state index contributed by atoms with van der Waals surface area (Å²) in [6, 6.07) is 8.02. The number of rotatable bonds is 1. The van der Waals surface area contributed by atoms with Crippen LogP contribution in [0.1, 0.15) is 5.56 Å². The monoisotopic (exact) mass is 243 g/mol. The molecule has 0 aliphatic carbocycles. The van der Waals surface area contributed by atoms with Gasteiger partial charge in [-0.05, 0) is 42.3 Å². The summed E-state index contributed by atoms with van der Waals surface area (Å²) in [5.74, 6) is 0. The van der Waals surface area contributed by atoms with Crippen molar-refractivity contribution in [2.75, 3.05) is 0 Å². The molecule has 0 fully saturated rings. The lowest BCUT2D eigenvalue weighted by Crippen LogP contribution is -1.86. The van der Waals surface area contributed by atoms with E-state index in [1.165, 1.54) is 0 Å². The molecule has 0 saturated heterocycles. The minimum atomic E-state index is 0.526. The fourth-order valence-electron chi connectivity index (χ4n) is 1.98. The fraction of sp³-hybridized carbons (Fsp3) is 0.0769. The Bertz CT molecular complexity index is 688. The van der Waals surface area contributed by atoms with Crippen molar-refractivity contribution in [1.29, 1.82) is 0 Å². The maximum Gasteiger partial charge on any atom is 0.136 e. The predicted octanol–water partition coefficient (Wildman–Crippen LogP) is 3.59. The smallest absolute Gasteiger partial charge is 0.136 e. The van der Waals surface area contributed by atoms with Crippen LogP contribution in [0, 0.1) is 6.92 Å². The molecule has 3 nitrogen and oxygen atoms in total. The van der Waals surface area contributed by atoms with Gasteiger partial charge in [0.1, 0.15) is 5.15 Å². The normalized spacial score (nSPS) is 10.9. The van der Waals surface area contributed by atoms with Gasteiger partial charge in [-0.1, -0.05) is 11.6 Å². The molecule has 0 saturated carbocycles. The minimum absolute atomic E-state index is 0.526. The van der Waals surface area contributed by atoms with Crippen molar-refractivity contribution in [3.8, 4) is 11.1 Å². The van der Waals surface area contributed by atoms with Gasteiger partial charge in [0.15, 0.2) is 0 Å². The van der Waals surface area contributed by atoms with E-state index in [1.54, 1.807) is 6.20 Å². The standard InChI is InChI=1S/C13H10ClN3/c1-8-5-12-9(7-16-17-12)6-11(8)10-3-2-4-15-13(10)14/h2-7H,1H3,(H,16,17). The number of aryl methyl sites for hydroxylation is 1. The molecule has 0 bridgehead atoms. The van der Waals surface area contributed by atoms with Crippen molar-refractivity contribution in [3.05, 3.63) is 47.4 Å². The SMILES string of the molecule is Cc1cc2[nH]ncc2cc1-c1cccnc1Cl. The molecule has 0 aliphatic rings. The predicted molar refractivity (Wildman–Crippen MR) is 69.1 cm³/mol. The Labute approximate surface area is 103 Å². The quantitative estimate of drug-likeness (QED) is 0.664. The number of H-pyrrole nitrogens is 1. The summed E-state index contributed by atoms with van der Waals surface area (Å²) in [6.45, 7) is 2.05. The maximum absolute atomic E-state index is 6.12. The summed E-state index contributed by atoms with van der Waals surface area (Å²) in [7, 11) is 0. The molecule has 0 atom stereocenters. The molecule has 0 aliphatic heterocycles. The van der Waals surface area contributed by atoms with E-state index in [0.29, 0.717) is 5.15 Å². The van der Waals surface area contributed by atoms with E-state index < -0.39 is 0 Å². The number of benzene rings is 1. The molecule has 2 aromatic heterocycles. The summed E-state index contributed by atoms with van der Waals surface area (Å²) < 4.78 is 0. The third-order valence-corrected chi connectivity index (χ3v) is 3.14. The van der Waals surface area contributed by atoms with Crippen LogP contribution in [0.5, 0.6) is 0 Å². The summed E-state index contributed by atoms with van der Waals surface area (Å²) in [6.07, 6.45) is 3.50. The van der Waals surface area contributed by atoms with E-state index in [-0.39, 0.29) is 0 Å². The molecule has 0 amide bonds. The van der Waals surface area contributed by atoms with Gasteiger partial charge in [0.05, 0.1) is 11.7 Å². The molecule has 0 unspecified atom stereocenters. The molecule has 84 valence electrons. The van der Waals surface area contributed by atoms with Crippen LogP contribution in [-0.4, -0.2) is 15.2 Å². The largest absolute Gasteiger partial charge is 0.278 e. The van der Waals surface area contributed by atoms with Crippen LogP contribution in [-0.2, 0) is 0 Å². The topological polar surface area (TPSA) is 41.6 Å². The Morgan fingerprint density at radius 3 is 2.94 bits per heavy atom. The number of halogens is 1. The Kier molecular flexibility index (Phi) is 2.34. The first-order valence-electron chi connectivity index (χ1n) is 5.30. The average molecular weight is 244 g/mol. The molecular formula is C13H10ClN3. The van der Waals surface area contributed by atoms with Gasteiger partial charge in [-0.25, -0.2) is 4.98 Å². The zero-order valence-electron chi connectivity index (χ0n) is 9.24. The second-order valence-electron chi connectivity index (χ2n) is 3.97. The highest BCUT2D eigenvalue weighted by Crippen LogP contribution is 2.31. The zero-order chi connectivity index (χ0) is 11.8. The van der Waals surface area contributed by atoms with E-state index in [9.17, 15) is 0 Å². The maximum atomic E-state index is 6.12. The molecule has 3 aromatic rings. The van der Waals surface area contributed by atoms with Crippen LogP contribution < -0.4 is 0 Å². The van der Waals surface area contributed by atoms with E-state index in [0.717, 1.165) is 27.6 Å². The van der Waals surface area contributed by atoms with E-state index in [1.807, 2.05) is 18.3 Å². The second-order valence-corrected chi connectivity index (χ2v) is 4.32. The molecular weight excluding hydrogens is 234 g/mol. The lowest BCUT2D eigenvalue weighted by Gasteiger charge is -2.07. The number of nitrogens with zero attached hydrogens (tertiary/aromatic N) is 2. The van der Waals surface area contributed by atoms with Gasteiger partial charge in [0, 0.05) is 17.1 Å². The first kappa shape index (κ1) is 10.3. The fourth-order valence-corrected chi connectivity index (χ4v) is 2.20. The Balaban J connectivity index is 2.30. The second kappa shape index (κ2) is 3.86. The Morgan fingerprint density at radius 1 is 1.24 bits per heavy atom. The van der Waals surface area contributed by atoms with Gasteiger partial charge in [0.2, 0.25) is 0 Å². The van der Waals surface area contributed by atoms with Crippen LogP contribution >= 0.6 is 11.6 Å². The van der Waals surface area contributed by atoms with Gasteiger partial charge in [-0.2, -0.15) is 5.10 Å². The molecule has 4 heteroatoms. The average Bonchev–Trinajstić information content (AvgIpc) is 2.76. The van der Waals surface area contributed by atoms with Gasteiger partial charge in [-0.15, -0.1) is 0 Å². The zero-order valence-corrected chi connectivity index (χ0v) is 9.99. The third kappa shape index (κ3) is 1.68. The number of hydrogen-bond donors (Lipinski definition) is 1. The lowest BCUT2D eigenvalue weighted by atomic mass is 10.0. The van der Waals surface area contributed by atoms with Crippen molar-refractivity contribution in [1.82, 2.24) is 15.2 Å². The molecule has 1 N–H and O–H groups in total. The van der Waals surface area contributed by atoms with Gasteiger partial charge >= 0.3 is 0 Å². The number of pyridine rings is 1. The highest BCUT2D eigenvalue weighted by Gasteiger charge is 2.08. The number of aromatic amines is 1. The van der Waals surface area contributed by atoms with Crippen molar-refractivity contribution in [2.24, 2.45) is 0 Å². The van der Waals surface area contributed by atoms with Crippen molar-refractivity contribution in [3.63, 3.8) is 0 Å². The summed E-state index contributed by atoms with van der Waals surface area (Å²) in [5, 5.41) is 8.58. The van der Waals surface area contributed by atoms with Gasteiger partial charge in [0.25, 0.3) is 0 Å². The van der Waals surface area contributed by atoms with Crippen molar-refractivity contribution < 1.29 is 0 Å². The minimum Gasteiger partial charge on any atom is -0.278 e. The van der Waals surface area contributed by atoms with Crippen molar-refractivity contribution >= 4 is 22.5 Å². The molecule has 0 spiro atoms. The summed E-state index contributed by atoms with van der Waals surface area (Å²) in [5.41, 5.74) is 4.23. The molecule has 2 heterocycles. The van der Waals surface area contributed by atoms with E-state index >= 15 is 0 Å². The number of hydrogen-bond acceptors (Lipinski definition) is 2. The lowest BCUT2D eigenvalue weighted by molar-refractivity contribution is 1.12. The molecule has 0 radical (unpaired) electrons. The first-order valence-corrected chi connectivity index (χ1v) is 5.68. The molecule has 17 heavy (non-hydrogen) atoms. The number of aromatic nitrogens is 3. The first-order chi connectivity index (χ1) is 8.25. The Morgan fingerprint density at radius 2 is 2.12 bits per heavy atom. The number of fused-ring (bicyclic) bond motifs is 1.